The molecule has 9 heteroatoms. The van der Waals surface area contributed by atoms with Crippen LogP contribution in [0.3, 0.4) is 0 Å². The molecule has 0 spiro atoms. The van der Waals surface area contributed by atoms with Crippen LogP contribution < -0.4 is 0 Å². The minimum absolute atomic E-state index is 0.0550. The number of cyclic esters (lactones) is 1. The number of allylic oxidation sites excluding steroid dienone is 1. The average molecular weight is 401 g/mol. The molecule has 1 rings (SSSR count). The second-order valence-corrected chi connectivity index (χ2v) is 8.92. The van der Waals surface area contributed by atoms with Crippen molar-refractivity contribution in [2.24, 2.45) is 0 Å². The minimum atomic E-state index is -3.79. The van der Waals surface area contributed by atoms with Gasteiger partial charge in [-0.1, -0.05) is 19.2 Å². The highest BCUT2D eigenvalue weighted by Gasteiger charge is 2.49. The lowest BCUT2D eigenvalue weighted by molar-refractivity contribution is -0.146. The summed E-state index contributed by atoms with van der Waals surface area (Å²) >= 11 is 0. The fraction of sp³-hybridized carbons (Fsp3) is 0.556. The van der Waals surface area contributed by atoms with Crippen molar-refractivity contribution < 1.29 is 32.2 Å². The summed E-state index contributed by atoms with van der Waals surface area (Å²) in [6.07, 6.45) is 2.70. The fourth-order valence-electron chi connectivity index (χ4n) is 2.49. The van der Waals surface area contributed by atoms with Gasteiger partial charge in [0.15, 0.2) is 14.6 Å². The van der Waals surface area contributed by atoms with Crippen LogP contribution in [0.4, 0.5) is 4.79 Å². The van der Waals surface area contributed by atoms with Gasteiger partial charge in [-0.25, -0.2) is 13.2 Å². The molecule has 8 nitrogen and oxygen atoms in total. The van der Waals surface area contributed by atoms with Crippen LogP contribution in [0, 0.1) is 0 Å². The Bertz CT molecular complexity index is 741. The molecule has 0 radical (unpaired) electrons. The van der Waals surface area contributed by atoms with E-state index in [9.17, 15) is 18.0 Å². The molecule has 2 atom stereocenters. The van der Waals surface area contributed by atoms with Crippen LogP contribution in [0.2, 0.25) is 0 Å². The van der Waals surface area contributed by atoms with Crippen LogP contribution in [0.1, 0.15) is 20.3 Å². The maximum absolute atomic E-state index is 12.2. The number of esters is 1. The molecule has 0 bridgehead atoms. The van der Waals surface area contributed by atoms with E-state index < -0.39 is 32.8 Å². The normalized spacial score (nSPS) is 19.5. The van der Waals surface area contributed by atoms with Crippen LogP contribution >= 0.6 is 0 Å². The quantitative estimate of drug-likeness (QED) is 0.313. The van der Waals surface area contributed by atoms with E-state index in [1.54, 1.807) is 19.1 Å². The zero-order chi connectivity index (χ0) is 20.8. The summed E-state index contributed by atoms with van der Waals surface area (Å²) in [6.45, 7) is 10.8. The van der Waals surface area contributed by atoms with Crippen molar-refractivity contribution in [1.82, 2.24) is 4.90 Å². The Hall–Kier alpha value is -2.29. The van der Waals surface area contributed by atoms with Gasteiger partial charge >= 0.3 is 12.1 Å². The smallest absolute Gasteiger partial charge is 0.410 e. The summed E-state index contributed by atoms with van der Waals surface area (Å²) in [4.78, 5) is 25.7. The first kappa shape index (κ1) is 22.8. The second-order valence-electron chi connectivity index (χ2n) is 6.48. The van der Waals surface area contributed by atoms with Crippen LogP contribution in [0.5, 0.6) is 0 Å². The summed E-state index contributed by atoms with van der Waals surface area (Å²) in [7, 11) is -2.30. The Morgan fingerprint density at radius 2 is 2.04 bits per heavy atom. The monoisotopic (exact) mass is 401 g/mol. The van der Waals surface area contributed by atoms with E-state index >= 15 is 0 Å². The summed E-state index contributed by atoms with van der Waals surface area (Å²) in [5.41, 5.74) is 0.613. The molecular formula is C18H27NO7S. The summed E-state index contributed by atoms with van der Waals surface area (Å²) in [5.74, 6) is -0.413. The van der Waals surface area contributed by atoms with Crippen molar-refractivity contribution in [2.75, 3.05) is 33.1 Å². The molecule has 0 saturated carbocycles. The van der Waals surface area contributed by atoms with E-state index in [0.717, 1.165) is 6.26 Å². The maximum Gasteiger partial charge on any atom is 0.410 e. The highest BCUT2D eigenvalue weighted by molar-refractivity contribution is 7.92. The third-order valence-electron chi connectivity index (χ3n) is 4.25. The van der Waals surface area contributed by atoms with E-state index in [2.05, 4.69) is 13.2 Å². The third kappa shape index (κ3) is 5.85. The van der Waals surface area contributed by atoms with Gasteiger partial charge in [0.1, 0.15) is 11.9 Å². The lowest BCUT2D eigenvalue weighted by Crippen LogP contribution is -2.47. The van der Waals surface area contributed by atoms with Gasteiger partial charge < -0.3 is 19.1 Å². The molecule has 0 aromatic rings. The van der Waals surface area contributed by atoms with Gasteiger partial charge in [0.25, 0.3) is 0 Å². The van der Waals surface area contributed by atoms with Gasteiger partial charge in [-0.3, -0.25) is 4.79 Å². The Kier molecular flexibility index (Phi) is 7.65. The molecule has 0 aromatic heterocycles. The first-order chi connectivity index (χ1) is 12.4. The van der Waals surface area contributed by atoms with Crippen molar-refractivity contribution in [1.29, 1.82) is 0 Å². The van der Waals surface area contributed by atoms with Gasteiger partial charge in [-0.05, 0) is 25.5 Å². The third-order valence-corrected chi connectivity index (χ3v) is 6.22. The number of hydrogen-bond donors (Lipinski definition) is 0. The molecule has 1 aliphatic heterocycles. The predicted octanol–water partition coefficient (Wildman–Crippen LogP) is 1.84. The van der Waals surface area contributed by atoms with E-state index in [1.807, 2.05) is 0 Å². The van der Waals surface area contributed by atoms with Gasteiger partial charge in [-0.15, -0.1) is 0 Å². The summed E-state index contributed by atoms with van der Waals surface area (Å²) in [5, 5.41) is 0. The number of hydrogen-bond acceptors (Lipinski definition) is 7. The second kappa shape index (κ2) is 9.07. The van der Waals surface area contributed by atoms with Crippen LogP contribution in [-0.2, 0) is 28.8 Å². The van der Waals surface area contributed by atoms with Crippen LogP contribution in [0.25, 0.3) is 0 Å². The number of methoxy groups -OCH3 is 1. The Balaban J connectivity index is 2.82. The Morgan fingerprint density at radius 3 is 2.56 bits per heavy atom. The highest BCUT2D eigenvalue weighted by Crippen LogP contribution is 2.29. The van der Waals surface area contributed by atoms with Crippen LogP contribution in [-0.4, -0.2) is 69.3 Å². The zero-order valence-electron chi connectivity index (χ0n) is 16.2. The number of sulfone groups is 1. The molecule has 27 heavy (non-hydrogen) atoms. The SMILES string of the molecule is C=C(C=CC(=C)OC)CN1CC(CC(C)(C(=O)OCC)S(C)(=O)=O)OC1=O. The number of amides is 1. The standard InChI is InChI=1S/C18H27NO7S/c1-7-25-16(20)18(4,27(6,22)23)10-15-12-19(17(21)26-15)11-13(2)8-9-14(3)24-5/h8-9,15H,2-3,7,10-12H2,1,4-6H3. The van der Waals surface area contributed by atoms with Gasteiger partial charge in [0, 0.05) is 19.2 Å². The number of ether oxygens (including phenoxy) is 3. The molecular weight excluding hydrogens is 374 g/mol. The van der Waals surface area contributed by atoms with Crippen molar-refractivity contribution in [2.45, 2.75) is 31.1 Å². The van der Waals surface area contributed by atoms with Crippen molar-refractivity contribution >= 4 is 21.9 Å². The van der Waals surface area contributed by atoms with Gasteiger partial charge in [0.05, 0.1) is 20.3 Å². The Morgan fingerprint density at radius 1 is 1.41 bits per heavy atom. The number of nitrogens with zero attached hydrogens (tertiary/aromatic N) is 1. The van der Waals surface area contributed by atoms with Crippen molar-refractivity contribution in [3.63, 3.8) is 0 Å². The molecule has 152 valence electrons. The average Bonchev–Trinajstić information content (AvgIpc) is 2.90. The van der Waals surface area contributed by atoms with E-state index in [-0.39, 0.29) is 26.1 Å². The maximum atomic E-state index is 12.2. The zero-order valence-corrected chi connectivity index (χ0v) is 17.0. The molecule has 1 heterocycles. The molecule has 2 unspecified atom stereocenters. The molecule has 1 aliphatic rings. The largest absolute Gasteiger partial charge is 0.497 e. The van der Waals surface area contributed by atoms with E-state index in [0.29, 0.717) is 11.3 Å². The first-order valence-corrected chi connectivity index (χ1v) is 10.2. The Labute approximate surface area is 160 Å². The van der Waals surface area contributed by atoms with Crippen molar-refractivity contribution in [3.8, 4) is 0 Å². The molecule has 0 aliphatic carbocycles. The topological polar surface area (TPSA) is 99.2 Å². The molecule has 0 N–H and O–H groups in total. The predicted molar refractivity (Wildman–Crippen MR) is 101 cm³/mol. The molecule has 0 aromatic carbocycles. The van der Waals surface area contributed by atoms with Crippen LogP contribution in [0.15, 0.2) is 36.6 Å². The lowest BCUT2D eigenvalue weighted by Gasteiger charge is -2.27. The van der Waals surface area contributed by atoms with Gasteiger partial charge in [0.2, 0.25) is 0 Å². The number of rotatable bonds is 10. The summed E-state index contributed by atoms with van der Waals surface area (Å²) < 4.78 is 37.6. The molecule has 1 saturated heterocycles. The number of carbonyl (C=O) groups excluding carboxylic acids is 2. The first-order valence-electron chi connectivity index (χ1n) is 8.35. The fourth-order valence-corrected chi connectivity index (χ4v) is 3.34. The highest BCUT2D eigenvalue weighted by atomic mass is 32.2. The minimum Gasteiger partial charge on any atom is -0.497 e. The van der Waals surface area contributed by atoms with E-state index in [4.69, 9.17) is 14.2 Å². The molecule has 1 amide bonds. The lowest BCUT2D eigenvalue weighted by atomic mass is 10.0. The van der Waals surface area contributed by atoms with Gasteiger partial charge in [-0.2, -0.15) is 0 Å². The number of carbonyl (C=O) groups is 2. The summed E-state index contributed by atoms with van der Waals surface area (Å²) in [6, 6.07) is 0. The molecule has 1 fully saturated rings. The van der Waals surface area contributed by atoms with Crippen molar-refractivity contribution in [3.05, 3.63) is 36.6 Å². The van der Waals surface area contributed by atoms with E-state index in [1.165, 1.54) is 18.9 Å².